The number of amides is 1. The van der Waals surface area contributed by atoms with Gasteiger partial charge in [0.15, 0.2) is 5.78 Å². The van der Waals surface area contributed by atoms with E-state index in [0.29, 0.717) is 18.5 Å². The smallest absolute Gasteiger partial charge is 0.231 e. The molecule has 14 heavy (non-hydrogen) atoms. The molecule has 1 N–H and O–H groups in total. The molecule has 1 aliphatic rings. The molecule has 0 spiro atoms. The zero-order chi connectivity index (χ0) is 9.97. The highest BCUT2D eigenvalue weighted by Crippen LogP contribution is 2.15. The van der Waals surface area contributed by atoms with Crippen LogP contribution in [0.15, 0.2) is 24.5 Å². The molecule has 0 aromatic carbocycles. The van der Waals surface area contributed by atoms with Crippen molar-refractivity contribution in [2.45, 2.75) is 6.42 Å². The fourth-order valence-corrected chi connectivity index (χ4v) is 1.55. The summed E-state index contributed by atoms with van der Waals surface area (Å²) in [6.45, 7) is 0.593. The van der Waals surface area contributed by atoms with Gasteiger partial charge in [-0.1, -0.05) is 0 Å². The van der Waals surface area contributed by atoms with Crippen molar-refractivity contribution in [1.29, 1.82) is 0 Å². The van der Waals surface area contributed by atoms with Crippen molar-refractivity contribution in [3.05, 3.63) is 30.1 Å². The number of nitrogens with zero attached hydrogens (tertiary/aromatic N) is 1. The second-order valence-corrected chi connectivity index (χ2v) is 3.24. The highest BCUT2D eigenvalue weighted by Gasteiger charge is 2.31. The molecular formula is C10H10N2O2. The maximum Gasteiger partial charge on any atom is 0.231 e. The van der Waals surface area contributed by atoms with E-state index in [-0.39, 0.29) is 11.7 Å². The van der Waals surface area contributed by atoms with Gasteiger partial charge in [-0.25, -0.2) is 0 Å². The van der Waals surface area contributed by atoms with Crippen LogP contribution < -0.4 is 5.32 Å². The van der Waals surface area contributed by atoms with Crippen LogP contribution in [0.3, 0.4) is 0 Å². The maximum atomic E-state index is 11.8. The zero-order valence-electron chi connectivity index (χ0n) is 7.56. The van der Waals surface area contributed by atoms with Gasteiger partial charge in [-0.15, -0.1) is 0 Å². The molecule has 2 rings (SSSR count). The molecule has 1 amide bonds. The largest absolute Gasteiger partial charge is 0.355 e. The van der Waals surface area contributed by atoms with E-state index >= 15 is 0 Å². The molecule has 4 nitrogen and oxygen atoms in total. The monoisotopic (exact) mass is 190 g/mol. The lowest BCUT2D eigenvalue weighted by Crippen LogP contribution is -2.25. The predicted molar refractivity (Wildman–Crippen MR) is 49.7 cm³/mol. The molecule has 1 saturated heterocycles. The van der Waals surface area contributed by atoms with Gasteiger partial charge in [0.2, 0.25) is 5.91 Å². The van der Waals surface area contributed by atoms with Gasteiger partial charge in [-0.3, -0.25) is 14.6 Å². The Labute approximate surface area is 81.3 Å². The van der Waals surface area contributed by atoms with Crippen LogP contribution in [-0.2, 0) is 4.79 Å². The average Bonchev–Trinajstić information content (AvgIpc) is 2.65. The van der Waals surface area contributed by atoms with E-state index in [9.17, 15) is 9.59 Å². The third-order valence-electron chi connectivity index (χ3n) is 2.31. The lowest BCUT2D eigenvalue weighted by molar-refractivity contribution is -0.121. The summed E-state index contributed by atoms with van der Waals surface area (Å²) in [6, 6.07) is 3.38. The topological polar surface area (TPSA) is 59.1 Å². The molecular weight excluding hydrogens is 180 g/mol. The Kier molecular flexibility index (Phi) is 2.26. The molecule has 1 fully saturated rings. The van der Waals surface area contributed by atoms with Gasteiger partial charge in [0, 0.05) is 24.5 Å². The van der Waals surface area contributed by atoms with Crippen LogP contribution in [0, 0.1) is 5.92 Å². The quantitative estimate of drug-likeness (QED) is 0.542. The first kappa shape index (κ1) is 8.87. The summed E-state index contributed by atoms with van der Waals surface area (Å²) in [4.78, 5) is 26.8. The first-order valence-corrected chi connectivity index (χ1v) is 4.51. The molecule has 0 aliphatic carbocycles. The van der Waals surface area contributed by atoms with Crippen LogP contribution in [0.1, 0.15) is 16.8 Å². The average molecular weight is 190 g/mol. The highest BCUT2D eigenvalue weighted by atomic mass is 16.2. The lowest BCUT2D eigenvalue weighted by Gasteiger charge is -2.04. The van der Waals surface area contributed by atoms with Crippen molar-refractivity contribution in [3.63, 3.8) is 0 Å². The van der Waals surface area contributed by atoms with Gasteiger partial charge in [-0.05, 0) is 18.6 Å². The minimum atomic E-state index is -0.515. The molecule has 1 atom stereocenters. The van der Waals surface area contributed by atoms with Crippen LogP contribution >= 0.6 is 0 Å². The Morgan fingerprint density at radius 1 is 1.57 bits per heavy atom. The van der Waals surface area contributed by atoms with Crippen LogP contribution in [-0.4, -0.2) is 23.2 Å². The summed E-state index contributed by atoms with van der Waals surface area (Å²) in [5.41, 5.74) is 0.509. The molecule has 4 heteroatoms. The van der Waals surface area contributed by atoms with Gasteiger partial charge >= 0.3 is 0 Å². The Morgan fingerprint density at radius 3 is 3.00 bits per heavy atom. The Hall–Kier alpha value is -1.71. The Morgan fingerprint density at radius 2 is 2.43 bits per heavy atom. The van der Waals surface area contributed by atoms with Crippen molar-refractivity contribution < 1.29 is 9.59 Å². The SMILES string of the molecule is O=C1NCC[C@@H]1C(=O)c1cccnc1. The standard InChI is InChI=1S/C10H10N2O2/c13-9(7-2-1-4-11-6-7)8-3-5-12-10(8)14/h1-2,4,6,8H,3,5H2,(H,12,14)/t8-/m1/s1. The summed E-state index contributed by atoms with van der Waals surface area (Å²) in [5, 5.41) is 2.64. The number of pyridine rings is 1. The summed E-state index contributed by atoms with van der Waals surface area (Å²) in [6.07, 6.45) is 3.69. The molecule has 0 radical (unpaired) electrons. The summed E-state index contributed by atoms with van der Waals surface area (Å²) in [7, 11) is 0. The minimum absolute atomic E-state index is 0.131. The van der Waals surface area contributed by atoms with Crippen LogP contribution in [0.2, 0.25) is 0 Å². The molecule has 72 valence electrons. The number of rotatable bonds is 2. The fraction of sp³-hybridized carbons (Fsp3) is 0.300. The van der Waals surface area contributed by atoms with Gasteiger partial charge in [0.1, 0.15) is 5.92 Å². The Balaban J connectivity index is 2.20. The van der Waals surface area contributed by atoms with Crippen molar-refractivity contribution in [3.8, 4) is 0 Å². The van der Waals surface area contributed by atoms with Gasteiger partial charge in [0.25, 0.3) is 0 Å². The van der Waals surface area contributed by atoms with Crippen LogP contribution in [0.25, 0.3) is 0 Å². The second kappa shape index (κ2) is 3.57. The van der Waals surface area contributed by atoms with Crippen molar-refractivity contribution in [2.75, 3.05) is 6.54 Å². The first-order chi connectivity index (χ1) is 6.79. The number of aromatic nitrogens is 1. The fourth-order valence-electron chi connectivity index (χ4n) is 1.55. The van der Waals surface area contributed by atoms with Crippen molar-refractivity contribution >= 4 is 11.7 Å². The molecule has 0 bridgehead atoms. The Bertz CT molecular complexity index is 362. The normalized spacial score (nSPS) is 20.6. The number of ketones is 1. The van der Waals surface area contributed by atoms with E-state index in [0.717, 1.165) is 0 Å². The number of nitrogens with one attached hydrogen (secondary N) is 1. The molecule has 2 heterocycles. The molecule has 1 aromatic rings. The predicted octanol–water partition coefficient (Wildman–Crippen LogP) is 0.400. The number of carbonyl (C=O) groups is 2. The van der Waals surface area contributed by atoms with Crippen molar-refractivity contribution in [2.24, 2.45) is 5.92 Å². The summed E-state index contributed by atoms with van der Waals surface area (Å²) in [5.74, 6) is -0.814. The van der Waals surface area contributed by atoms with E-state index in [2.05, 4.69) is 10.3 Å². The number of Topliss-reactive ketones (excluding diaryl/α,β-unsaturated/α-hetero) is 1. The van der Waals surface area contributed by atoms with Crippen LogP contribution in [0.4, 0.5) is 0 Å². The summed E-state index contributed by atoms with van der Waals surface area (Å²) >= 11 is 0. The van der Waals surface area contributed by atoms with E-state index < -0.39 is 5.92 Å². The van der Waals surface area contributed by atoms with E-state index in [1.807, 2.05) is 0 Å². The number of hydrogen-bond donors (Lipinski definition) is 1. The van der Waals surface area contributed by atoms with Crippen LogP contribution in [0.5, 0.6) is 0 Å². The molecule has 1 aliphatic heterocycles. The maximum absolute atomic E-state index is 11.8. The minimum Gasteiger partial charge on any atom is -0.355 e. The van der Waals surface area contributed by atoms with Crippen molar-refractivity contribution in [1.82, 2.24) is 10.3 Å². The van der Waals surface area contributed by atoms with E-state index in [1.165, 1.54) is 6.20 Å². The van der Waals surface area contributed by atoms with Gasteiger partial charge in [0.05, 0.1) is 0 Å². The molecule has 1 aromatic heterocycles. The van der Waals surface area contributed by atoms with E-state index in [1.54, 1.807) is 18.3 Å². The molecule has 0 unspecified atom stereocenters. The number of carbonyl (C=O) groups excluding carboxylic acids is 2. The van der Waals surface area contributed by atoms with Gasteiger partial charge < -0.3 is 5.32 Å². The lowest BCUT2D eigenvalue weighted by atomic mass is 9.98. The third kappa shape index (κ3) is 1.51. The second-order valence-electron chi connectivity index (χ2n) is 3.24. The van der Waals surface area contributed by atoms with E-state index in [4.69, 9.17) is 0 Å². The van der Waals surface area contributed by atoms with Gasteiger partial charge in [-0.2, -0.15) is 0 Å². The molecule has 0 saturated carbocycles. The zero-order valence-corrected chi connectivity index (χ0v) is 7.56. The first-order valence-electron chi connectivity index (χ1n) is 4.51. The highest BCUT2D eigenvalue weighted by molar-refractivity contribution is 6.10. The summed E-state index contributed by atoms with van der Waals surface area (Å²) < 4.78 is 0. The number of hydrogen-bond acceptors (Lipinski definition) is 3. The third-order valence-corrected chi connectivity index (χ3v) is 2.31.